The Labute approximate surface area is 179 Å². The fraction of sp³-hybridized carbons (Fsp3) is 0.0909. The highest BCUT2D eigenvalue weighted by atomic mass is 35.5. The van der Waals surface area contributed by atoms with Crippen molar-refractivity contribution < 1.29 is 14.4 Å². The Morgan fingerprint density at radius 3 is 2.33 bits per heavy atom. The molecule has 0 unspecified atom stereocenters. The number of pyridine rings is 1. The molecular formula is C22H21ClN4O3. The van der Waals surface area contributed by atoms with Gasteiger partial charge in [-0.05, 0) is 35.9 Å². The number of nitrogens with one attached hydrogen (secondary N) is 2. The summed E-state index contributed by atoms with van der Waals surface area (Å²) in [5.41, 5.74) is 1.88. The van der Waals surface area contributed by atoms with Crippen molar-refractivity contribution in [3.05, 3.63) is 94.1 Å². The van der Waals surface area contributed by atoms with E-state index in [1.807, 2.05) is 0 Å². The Morgan fingerprint density at radius 1 is 1.03 bits per heavy atom. The van der Waals surface area contributed by atoms with Gasteiger partial charge in [0.25, 0.3) is 5.91 Å². The molecule has 154 valence electrons. The molecule has 0 saturated carbocycles. The van der Waals surface area contributed by atoms with Crippen LogP contribution >= 0.6 is 11.6 Å². The normalized spacial score (nSPS) is 9.93. The van der Waals surface area contributed by atoms with E-state index in [1.165, 1.54) is 6.20 Å². The standard InChI is InChI=1S/C21H17ClN4O3.CH4/c22-16-9-10-19(25-12-16)26-21(28)17-4-2-1-3-15(17)11-18(27)13-5-7-14(8-6-13)20(23)29-24;/h1-10,12,23H,11,24H2,(H,25,26,28);1H4. The molecule has 30 heavy (non-hydrogen) atoms. The largest absolute Gasteiger partial charge is 0.391 e. The number of amides is 1. The van der Waals surface area contributed by atoms with Gasteiger partial charge in [-0.3, -0.25) is 15.0 Å². The van der Waals surface area contributed by atoms with Gasteiger partial charge in [-0.15, -0.1) is 0 Å². The van der Waals surface area contributed by atoms with E-state index in [4.69, 9.17) is 22.9 Å². The van der Waals surface area contributed by atoms with Gasteiger partial charge in [-0.2, -0.15) is 5.90 Å². The van der Waals surface area contributed by atoms with Crippen LogP contribution < -0.4 is 11.2 Å². The predicted molar refractivity (Wildman–Crippen MR) is 117 cm³/mol. The van der Waals surface area contributed by atoms with Crippen molar-refractivity contribution in [1.29, 1.82) is 5.41 Å². The number of halogens is 1. The maximum Gasteiger partial charge on any atom is 0.257 e. The fourth-order valence-corrected chi connectivity index (χ4v) is 2.79. The zero-order valence-corrected chi connectivity index (χ0v) is 15.9. The van der Waals surface area contributed by atoms with E-state index in [-0.39, 0.29) is 31.4 Å². The summed E-state index contributed by atoms with van der Waals surface area (Å²) in [6.45, 7) is 0. The van der Waals surface area contributed by atoms with Crippen LogP contribution in [0.15, 0.2) is 66.9 Å². The number of benzene rings is 2. The minimum Gasteiger partial charge on any atom is -0.391 e. The first-order chi connectivity index (χ1) is 14.0. The number of hydrogen-bond donors (Lipinski definition) is 3. The molecule has 0 radical (unpaired) electrons. The van der Waals surface area contributed by atoms with Gasteiger partial charge in [0.05, 0.1) is 5.02 Å². The number of nitrogens with two attached hydrogens (primary N) is 1. The third-order valence-corrected chi connectivity index (χ3v) is 4.39. The van der Waals surface area contributed by atoms with Crippen molar-refractivity contribution in [1.82, 2.24) is 4.98 Å². The zero-order valence-electron chi connectivity index (χ0n) is 15.2. The Hall–Kier alpha value is -3.55. The molecule has 2 aromatic carbocycles. The van der Waals surface area contributed by atoms with Crippen LogP contribution in [0.1, 0.15) is 39.3 Å². The van der Waals surface area contributed by atoms with E-state index in [1.54, 1.807) is 60.7 Å². The summed E-state index contributed by atoms with van der Waals surface area (Å²) < 4.78 is 0. The molecule has 4 N–H and O–H groups in total. The van der Waals surface area contributed by atoms with Crippen molar-refractivity contribution in [2.45, 2.75) is 13.8 Å². The molecule has 0 fully saturated rings. The minimum absolute atomic E-state index is 0. The van der Waals surface area contributed by atoms with Gasteiger partial charge >= 0.3 is 0 Å². The number of carbonyl (C=O) groups is 2. The Kier molecular flexibility index (Phi) is 7.80. The summed E-state index contributed by atoms with van der Waals surface area (Å²) >= 11 is 5.80. The van der Waals surface area contributed by atoms with Crippen molar-refractivity contribution >= 4 is 35.0 Å². The van der Waals surface area contributed by atoms with Gasteiger partial charge in [-0.1, -0.05) is 49.4 Å². The molecule has 0 bridgehead atoms. The minimum atomic E-state index is -0.368. The van der Waals surface area contributed by atoms with Gasteiger partial charge in [-0.25, -0.2) is 4.98 Å². The third kappa shape index (κ3) is 5.50. The Balaban J connectivity index is 0.00000320. The molecule has 3 rings (SSSR count). The van der Waals surface area contributed by atoms with E-state index in [0.717, 1.165) is 0 Å². The first kappa shape index (κ1) is 22.7. The first-order valence-electron chi connectivity index (χ1n) is 8.57. The molecule has 0 atom stereocenters. The number of nitrogens with zero attached hydrogens (tertiary/aromatic N) is 1. The molecule has 1 aromatic heterocycles. The second-order valence-corrected chi connectivity index (χ2v) is 6.53. The topological polar surface area (TPSA) is 118 Å². The highest BCUT2D eigenvalue weighted by Gasteiger charge is 2.16. The van der Waals surface area contributed by atoms with E-state index in [0.29, 0.717) is 33.1 Å². The average molecular weight is 425 g/mol. The van der Waals surface area contributed by atoms with Gasteiger partial charge in [0.15, 0.2) is 5.78 Å². The lowest BCUT2D eigenvalue weighted by Gasteiger charge is -2.10. The zero-order chi connectivity index (χ0) is 20.8. The summed E-state index contributed by atoms with van der Waals surface area (Å²) in [7, 11) is 0. The smallest absolute Gasteiger partial charge is 0.257 e. The number of Topliss-reactive ketones (excluding diaryl/α,β-unsaturated/α-hetero) is 1. The quantitative estimate of drug-likeness (QED) is 0.236. The number of anilines is 1. The summed E-state index contributed by atoms with van der Waals surface area (Å²) in [5, 5.41) is 10.7. The monoisotopic (exact) mass is 424 g/mol. The van der Waals surface area contributed by atoms with Crippen LogP contribution in [0.25, 0.3) is 0 Å². The van der Waals surface area contributed by atoms with Crippen LogP contribution in [0.5, 0.6) is 0 Å². The van der Waals surface area contributed by atoms with Crippen molar-refractivity contribution in [3.63, 3.8) is 0 Å². The lowest BCUT2D eigenvalue weighted by molar-refractivity contribution is 0.0992. The molecule has 0 aliphatic rings. The summed E-state index contributed by atoms with van der Waals surface area (Å²) in [4.78, 5) is 33.7. The predicted octanol–water partition coefficient (Wildman–Crippen LogP) is 4.26. The third-order valence-electron chi connectivity index (χ3n) is 4.17. The van der Waals surface area contributed by atoms with Crippen LogP contribution in [0, 0.1) is 5.41 Å². The Morgan fingerprint density at radius 2 is 1.70 bits per heavy atom. The molecule has 1 amide bonds. The van der Waals surface area contributed by atoms with Crippen LogP contribution in [-0.2, 0) is 11.3 Å². The molecule has 3 aromatic rings. The number of hydrogen-bond acceptors (Lipinski definition) is 6. The maximum atomic E-state index is 12.7. The highest BCUT2D eigenvalue weighted by Crippen LogP contribution is 2.16. The number of ketones is 1. The van der Waals surface area contributed by atoms with Crippen molar-refractivity contribution in [3.8, 4) is 0 Å². The van der Waals surface area contributed by atoms with Gasteiger partial charge in [0.2, 0.25) is 5.90 Å². The summed E-state index contributed by atoms with van der Waals surface area (Å²) in [6, 6.07) is 16.4. The molecule has 0 aliphatic carbocycles. The second kappa shape index (κ2) is 10.3. The summed E-state index contributed by atoms with van der Waals surface area (Å²) in [5.74, 6) is 4.61. The van der Waals surface area contributed by atoms with Gasteiger partial charge in [0.1, 0.15) is 5.82 Å². The van der Waals surface area contributed by atoms with E-state index < -0.39 is 0 Å². The SMILES string of the molecule is C.N=C(ON)c1ccc(C(=O)Cc2ccccc2C(=O)Nc2ccc(Cl)cn2)cc1. The molecule has 0 saturated heterocycles. The Bertz CT molecular complexity index is 1050. The lowest BCUT2D eigenvalue weighted by Crippen LogP contribution is -2.16. The van der Waals surface area contributed by atoms with Crippen LogP contribution in [0.4, 0.5) is 5.82 Å². The highest BCUT2D eigenvalue weighted by molar-refractivity contribution is 6.30. The van der Waals surface area contributed by atoms with Crippen LogP contribution in [0.2, 0.25) is 5.02 Å². The van der Waals surface area contributed by atoms with Crippen LogP contribution in [0.3, 0.4) is 0 Å². The number of rotatable bonds is 6. The summed E-state index contributed by atoms with van der Waals surface area (Å²) in [6.07, 6.45) is 1.48. The van der Waals surface area contributed by atoms with E-state index in [2.05, 4.69) is 15.1 Å². The second-order valence-electron chi connectivity index (χ2n) is 6.10. The number of aromatic nitrogens is 1. The van der Waals surface area contributed by atoms with Crippen molar-refractivity contribution in [2.24, 2.45) is 5.90 Å². The first-order valence-corrected chi connectivity index (χ1v) is 8.95. The van der Waals surface area contributed by atoms with Gasteiger partial charge in [0, 0.05) is 29.3 Å². The van der Waals surface area contributed by atoms with Crippen molar-refractivity contribution in [2.75, 3.05) is 5.32 Å². The van der Waals surface area contributed by atoms with Gasteiger partial charge < -0.3 is 10.2 Å². The lowest BCUT2D eigenvalue weighted by atomic mass is 9.97. The molecule has 1 heterocycles. The molecule has 7 nitrogen and oxygen atoms in total. The van der Waals surface area contributed by atoms with E-state index in [9.17, 15) is 9.59 Å². The fourth-order valence-electron chi connectivity index (χ4n) is 2.68. The molecule has 0 spiro atoms. The van der Waals surface area contributed by atoms with Crippen LogP contribution in [-0.4, -0.2) is 22.6 Å². The molecule has 0 aliphatic heterocycles. The average Bonchev–Trinajstić information content (AvgIpc) is 2.75. The number of carbonyl (C=O) groups excluding carboxylic acids is 2. The molecular weight excluding hydrogens is 404 g/mol. The molecule has 8 heteroatoms. The van der Waals surface area contributed by atoms with E-state index >= 15 is 0 Å². The maximum absolute atomic E-state index is 12.7.